The lowest BCUT2D eigenvalue weighted by Crippen LogP contribution is -2.33. The summed E-state index contributed by atoms with van der Waals surface area (Å²) in [5.41, 5.74) is 4.23. The van der Waals surface area contributed by atoms with Crippen molar-refractivity contribution in [3.63, 3.8) is 0 Å². The first-order valence-electron chi connectivity index (χ1n) is 7.56. The Kier molecular flexibility index (Phi) is 5.41. The molecule has 19 heavy (non-hydrogen) atoms. The van der Waals surface area contributed by atoms with E-state index >= 15 is 0 Å². The third kappa shape index (κ3) is 4.32. The van der Waals surface area contributed by atoms with Crippen molar-refractivity contribution in [1.29, 1.82) is 0 Å². The molecule has 2 unspecified atom stereocenters. The largest absolute Gasteiger partial charge is 0.381 e. The van der Waals surface area contributed by atoms with Crippen LogP contribution in [-0.4, -0.2) is 25.8 Å². The quantitative estimate of drug-likeness (QED) is 0.848. The zero-order chi connectivity index (χ0) is 13.7. The maximum Gasteiger partial charge on any atom is 0.0495 e. The first-order valence-corrected chi connectivity index (χ1v) is 7.56. The summed E-state index contributed by atoms with van der Waals surface area (Å²) in [6.07, 6.45) is 3.60. The van der Waals surface area contributed by atoms with Crippen LogP contribution in [0.15, 0.2) is 18.2 Å². The summed E-state index contributed by atoms with van der Waals surface area (Å²) in [5, 5.41) is 3.64. The number of likely N-dealkylation sites (N-methyl/N-ethyl adjacent to an activating group) is 1. The van der Waals surface area contributed by atoms with Crippen LogP contribution >= 0.6 is 0 Å². The molecule has 2 heteroatoms. The van der Waals surface area contributed by atoms with Crippen LogP contribution in [-0.2, 0) is 11.2 Å². The second kappa shape index (κ2) is 7.06. The maximum absolute atomic E-state index is 5.49. The molecular weight excluding hydrogens is 234 g/mol. The Morgan fingerprint density at radius 3 is 2.79 bits per heavy atom. The average Bonchev–Trinajstić information content (AvgIpc) is 2.87. The SMILES string of the molecule is CCNC(Cc1ccc(C)c(C)c1)CC1CCOC1. The molecule has 0 radical (unpaired) electrons. The number of benzene rings is 1. The molecule has 1 saturated heterocycles. The van der Waals surface area contributed by atoms with Gasteiger partial charge in [0.15, 0.2) is 0 Å². The first-order chi connectivity index (χ1) is 9.19. The molecule has 0 amide bonds. The standard InChI is InChI=1S/C17H27NO/c1-4-18-17(11-16-7-8-19-12-16)10-15-6-5-13(2)14(3)9-15/h5-6,9,16-18H,4,7-8,10-12H2,1-3H3. The van der Waals surface area contributed by atoms with Crippen molar-refractivity contribution in [2.45, 2.75) is 46.1 Å². The van der Waals surface area contributed by atoms with Gasteiger partial charge in [-0.1, -0.05) is 25.1 Å². The summed E-state index contributed by atoms with van der Waals surface area (Å²) in [4.78, 5) is 0. The number of ether oxygens (including phenoxy) is 1. The van der Waals surface area contributed by atoms with Crippen molar-refractivity contribution >= 4 is 0 Å². The van der Waals surface area contributed by atoms with Gasteiger partial charge in [0, 0.05) is 19.3 Å². The number of hydrogen-bond acceptors (Lipinski definition) is 2. The van der Waals surface area contributed by atoms with Gasteiger partial charge in [-0.15, -0.1) is 0 Å². The van der Waals surface area contributed by atoms with Gasteiger partial charge in [-0.05, 0) is 62.3 Å². The molecule has 0 bridgehead atoms. The van der Waals surface area contributed by atoms with E-state index in [1.807, 2.05) is 0 Å². The Balaban J connectivity index is 1.96. The van der Waals surface area contributed by atoms with Crippen LogP contribution in [0.3, 0.4) is 0 Å². The summed E-state index contributed by atoms with van der Waals surface area (Å²) < 4.78 is 5.49. The molecule has 1 aromatic rings. The molecule has 1 aromatic carbocycles. The summed E-state index contributed by atoms with van der Waals surface area (Å²) in [5.74, 6) is 0.746. The highest BCUT2D eigenvalue weighted by Gasteiger charge is 2.20. The van der Waals surface area contributed by atoms with Crippen LogP contribution in [0.4, 0.5) is 0 Å². The predicted molar refractivity (Wildman–Crippen MR) is 80.6 cm³/mol. The topological polar surface area (TPSA) is 21.3 Å². The Hall–Kier alpha value is -0.860. The Morgan fingerprint density at radius 1 is 1.32 bits per heavy atom. The van der Waals surface area contributed by atoms with E-state index in [2.05, 4.69) is 44.3 Å². The third-order valence-corrected chi connectivity index (χ3v) is 4.19. The van der Waals surface area contributed by atoms with E-state index in [0.717, 1.165) is 32.1 Å². The lowest BCUT2D eigenvalue weighted by Gasteiger charge is -2.21. The van der Waals surface area contributed by atoms with E-state index in [1.165, 1.54) is 29.5 Å². The highest BCUT2D eigenvalue weighted by Crippen LogP contribution is 2.20. The summed E-state index contributed by atoms with van der Waals surface area (Å²) in [7, 11) is 0. The van der Waals surface area contributed by atoms with Gasteiger partial charge in [0.2, 0.25) is 0 Å². The smallest absolute Gasteiger partial charge is 0.0495 e. The zero-order valence-electron chi connectivity index (χ0n) is 12.5. The lowest BCUT2D eigenvalue weighted by atomic mass is 9.93. The van der Waals surface area contributed by atoms with Crippen molar-refractivity contribution in [1.82, 2.24) is 5.32 Å². The Labute approximate surface area is 117 Å². The van der Waals surface area contributed by atoms with E-state index in [1.54, 1.807) is 0 Å². The van der Waals surface area contributed by atoms with Crippen LogP contribution < -0.4 is 5.32 Å². The normalized spacial score (nSPS) is 20.7. The van der Waals surface area contributed by atoms with Gasteiger partial charge in [0.25, 0.3) is 0 Å². The fourth-order valence-electron chi connectivity index (χ4n) is 2.91. The minimum atomic E-state index is 0.582. The first kappa shape index (κ1) is 14.5. The molecule has 0 aromatic heterocycles. The fourth-order valence-corrected chi connectivity index (χ4v) is 2.91. The van der Waals surface area contributed by atoms with Gasteiger partial charge in [-0.25, -0.2) is 0 Å². The number of aryl methyl sites for hydroxylation is 2. The zero-order valence-corrected chi connectivity index (χ0v) is 12.5. The van der Waals surface area contributed by atoms with Crippen LogP contribution in [0.1, 0.15) is 36.5 Å². The fraction of sp³-hybridized carbons (Fsp3) is 0.647. The number of rotatable bonds is 6. The molecule has 1 aliphatic rings. The van der Waals surface area contributed by atoms with E-state index in [4.69, 9.17) is 4.74 Å². The van der Waals surface area contributed by atoms with Gasteiger partial charge >= 0.3 is 0 Å². The molecule has 0 spiro atoms. The second-order valence-electron chi connectivity index (χ2n) is 5.84. The molecule has 2 atom stereocenters. The summed E-state index contributed by atoms with van der Waals surface area (Å²) in [6, 6.07) is 7.44. The minimum Gasteiger partial charge on any atom is -0.381 e. The second-order valence-corrected chi connectivity index (χ2v) is 5.84. The lowest BCUT2D eigenvalue weighted by molar-refractivity contribution is 0.181. The van der Waals surface area contributed by atoms with Gasteiger partial charge in [0.05, 0.1) is 0 Å². The molecule has 2 rings (SSSR count). The van der Waals surface area contributed by atoms with Crippen molar-refractivity contribution in [3.05, 3.63) is 34.9 Å². The number of hydrogen-bond donors (Lipinski definition) is 1. The van der Waals surface area contributed by atoms with Crippen molar-refractivity contribution in [3.8, 4) is 0 Å². The van der Waals surface area contributed by atoms with Gasteiger partial charge < -0.3 is 10.1 Å². The molecule has 2 nitrogen and oxygen atoms in total. The van der Waals surface area contributed by atoms with Crippen molar-refractivity contribution in [2.75, 3.05) is 19.8 Å². The van der Waals surface area contributed by atoms with Gasteiger partial charge in [0.1, 0.15) is 0 Å². The molecule has 0 aliphatic carbocycles. The Bertz CT molecular complexity index is 396. The van der Waals surface area contributed by atoms with Gasteiger partial charge in [-0.2, -0.15) is 0 Å². The third-order valence-electron chi connectivity index (χ3n) is 4.19. The van der Waals surface area contributed by atoms with Crippen molar-refractivity contribution in [2.24, 2.45) is 5.92 Å². The minimum absolute atomic E-state index is 0.582. The van der Waals surface area contributed by atoms with E-state index in [0.29, 0.717) is 6.04 Å². The monoisotopic (exact) mass is 261 g/mol. The van der Waals surface area contributed by atoms with Crippen LogP contribution in [0.5, 0.6) is 0 Å². The predicted octanol–water partition coefficient (Wildman–Crippen LogP) is 3.25. The summed E-state index contributed by atoms with van der Waals surface area (Å²) in [6.45, 7) is 9.52. The van der Waals surface area contributed by atoms with E-state index in [9.17, 15) is 0 Å². The maximum atomic E-state index is 5.49. The molecule has 0 saturated carbocycles. The van der Waals surface area contributed by atoms with E-state index in [-0.39, 0.29) is 0 Å². The highest BCUT2D eigenvalue weighted by molar-refractivity contribution is 5.30. The van der Waals surface area contributed by atoms with Gasteiger partial charge in [-0.3, -0.25) is 0 Å². The van der Waals surface area contributed by atoms with Crippen molar-refractivity contribution < 1.29 is 4.74 Å². The molecule has 1 aliphatic heterocycles. The number of nitrogens with one attached hydrogen (secondary N) is 1. The molecule has 1 heterocycles. The highest BCUT2D eigenvalue weighted by atomic mass is 16.5. The van der Waals surface area contributed by atoms with Crippen LogP contribution in [0.2, 0.25) is 0 Å². The average molecular weight is 261 g/mol. The Morgan fingerprint density at radius 2 is 2.16 bits per heavy atom. The van der Waals surface area contributed by atoms with Crippen LogP contribution in [0.25, 0.3) is 0 Å². The molecule has 1 N–H and O–H groups in total. The summed E-state index contributed by atoms with van der Waals surface area (Å²) >= 11 is 0. The van der Waals surface area contributed by atoms with Crippen LogP contribution in [0, 0.1) is 19.8 Å². The molecular formula is C17H27NO. The van der Waals surface area contributed by atoms with E-state index < -0.39 is 0 Å². The molecule has 1 fully saturated rings. The molecule has 106 valence electrons.